The summed E-state index contributed by atoms with van der Waals surface area (Å²) >= 11 is 0. The maximum absolute atomic E-state index is 11.0. The lowest BCUT2D eigenvalue weighted by molar-refractivity contribution is 0.487. The summed E-state index contributed by atoms with van der Waals surface area (Å²) in [6.07, 6.45) is 0. The third kappa shape index (κ3) is 9.34. The fourth-order valence-corrected chi connectivity index (χ4v) is 15.9. The normalized spacial score (nSPS) is 13.0. The van der Waals surface area contributed by atoms with Gasteiger partial charge in [-0.15, -0.1) is 21.9 Å². The summed E-state index contributed by atoms with van der Waals surface area (Å²) in [4.78, 5) is 2.47. The van der Waals surface area contributed by atoms with Crippen LogP contribution in [0.5, 0.6) is 11.5 Å². The maximum Gasteiger partial charge on any atom is 0.256 e. The summed E-state index contributed by atoms with van der Waals surface area (Å²) in [5, 5.41) is 16.4. The van der Waals surface area contributed by atoms with Gasteiger partial charge < -0.3 is 23.3 Å². The van der Waals surface area contributed by atoms with E-state index in [2.05, 4.69) is 258 Å². The summed E-state index contributed by atoms with van der Waals surface area (Å²) in [6.45, 7) is 20.0. The zero-order valence-electron chi connectivity index (χ0n) is 57.4. The van der Waals surface area contributed by atoms with Gasteiger partial charge in [0.2, 0.25) is 0 Å². The van der Waals surface area contributed by atoms with Gasteiger partial charge in [0.25, 0.3) is 6.71 Å². The van der Waals surface area contributed by atoms with E-state index in [1.54, 1.807) is 0 Å². The second-order valence-electron chi connectivity index (χ2n) is 30.2. The van der Waals surface area contributed by atoms with Crippen molar-refractivity contribution in [1.82, 2.24) is 13.7 Å². The van der Waals surface area contributed by atoms with Gasteiger partial charge in [-0.2, -0.15) is 5.26 Å². The van der Waals surface area contributed by atoms with Crippen molar-refractivity contribution in [3.05, 3.63) is 222 Å². The highest BCUT2D eigenvalue weighted by Crippen LogP contribution is 2.50. The molecule has 0 saturated carbocycles. The maximum atomic E-state index is 11.0. The van der Waals surface area contributed by atoms with Crippen LogP contribution in [0.3, 0.4) is 0 Å². The third-order valence-electron chi connectivity index (χ3n) is 21.2. The number of ether oxygens (including phenoxy) is 1. The van der Waals surface area contributed by atoms with Crippen molar-refractivity contribution in [2.75, 3.05) is 4.90 Å². The molecular weight excluding hydrogens is 1200 g/mol. The number of anilines is 3. The van der Waals surface area contributed by atoms with Crippen molar-refractivity contribution in [1.29, 1.82) is 5.26 Å². The lowest BCUT2D eigenvalue weighted by Crippen LogP contribution is -2.59. The Balaban J connectivity index is 1.00. The van der Waals surface area contributed by atoms with Crippen LogP contribution < -0.4 is 69.7 Å². The minimum absolute atomic E-state index is 0.0984. The van der Waals surface area contributed by atoms with Crippen LogP contribution in [-0.2, 0) is 16.2 Å². The number of nitriles is 1. The largest absolute Gasteiger partial charge is 0.458 e. The highest BCUT2D eigenvalue weighted by molar-refractivity contribution is 6.99. The fourth-order valence-electron chi connectivity index (χ4n) is 15.9. The predicted octanol–water partition coefficient (Wildman–Crippen LogP) is 10.8. The molecule has 100 heavy (non-hydrogen) atoms. The van der Waals surface area contributed by atoms with Crippen molar-refractivity contribution in [3.63, 3.8) is 0 Å². The smallest absolute Gasteiger partial charge is 0.256 e. The molecule has 5 heterocycles. The van der Waals surface area contributed by atoms with Crippen LogP contribution >= 0.6 is 0 Å². The van der Waals surface area contributed by atoms with Gasteiger partial charge in [-0.1, -0.05) is 181 Å². The molecule has 0 aliphatic carbocycles. The Hall–Kier alpha value is -10.3. The van der Waals surface area contributed by atoms with Crippen LogP contribution in [-0.4, -0.2) is 83.2 Å². The van der Waals surface area contributed by atoms with Crippen LogP contribution in [0.4, 0.5) is 17.1 Å². The molecule has 2 aliphatic heterocycles. The van der Waals surface area contributed by atoms with E-state index in [-0.39, 0.29) is 59.9 Å². The third-order valence-corrected chi connectivity index (χ3v) is 21.2. The lowest BCUT2D eigenvalue weighted by atomic mass is 9.34. The van der Waals surface area contributed by atoms with Gasteiger partial charge in [0.05, 0.1) is 45.1 Å². The van der Waals surface area contributed by atoms with Gasteiger partial charge >= 0.3 is 0 Å². The molecule has 0 saturated heterocycles. The van der Waals surface area contributed by atoms with E-state index in [4.69, 9.17) is 67.5 Å². The zero-order valence-corrected chi connectivity index (χ0v) is 57.4. The van der Waals surface area contributed by atoms with Crippen molar-refractivity contribution in [2.24, 2.45) is 0 Å². The Morgan fingerprint density at radius 3 is 1.42 bits per heavy atom. The molecule has 0 N–H and O–H groups in total. The predicted molar refractivity (Wildman–Crippen MR) is 430 cm³/mol. The van der Waals surface area contributed by atoms with Crippen LogP contribution in [0, 0.1) is 11.3 Å². The first kappa shape index (κ1) is 63.2. The Morgan fingerprint density at radius 2 is 0.850 bits per heavy atom. The first-order chi connectivity index (χ1) is 47.8. The number of aromatic nitrogens is 3. The SMILES string of the molecule is [B]c1c([B])c([B])c2c(c1[B])c1c([B])c([B])c([B])c([B])c1n2-c1ccc2c(c1)Oc1cc(-c3cc(C#N)ccc3-n3c4ccccc4c4ccccc43)cc3c1B2c1ccc(-n2c4ccc(C(C)(C)C)cc4c4cc(C(C)(C)C)ccc42)cc1N3c1ccc(C(C)(C)C)cc1-c1ccccc1. The summed E-state index contributed by atoms with van der Waals surface area (Å²) in [5.74, 6) is 1.17. The minimum Gasteiger partial charge on any atom is -0.458 e. The lowest BCUT2D eigenvalue weighted by Gasteiger charge is -2.41. The topological polar surface area (TPSA) is 51.1 Å². The van der Waals surface area contributed by atoms with Crippen LogP contribution in [0.2, 0.25) is 0 Å². The Kier molecular flexibility index (Phi) is 14.1. The standard InChI is InChI=1S/C85H60B9N5O/c1-83(2,3)47-24-32-63(55(38-47)45-17-11-10-12-18-45)99-66-41-50(96-64-33-25-48(84(4,5)6)39-56(64)57-40-49(85(7,8)9)26-34-65(57)96)27-29-58(66)94-59-30-28-51(97-81-70(72(86)74(88)76(90)78(81)92)71-73(87)75(89)77(91)79(93)82(71)97)42-68(59)100-69-37-46(36-67(99)80(69)94)54-35-44(43-95)23-31-62(54)98-60-21-15-13-19-52(60)53-20-14-16-22-61(53)98/h10-42H,1-9H3. The molecule has 0 bridgehead atoms. The second-order valence-corrected chi connectivity index (χ2v) is 30.2. The quantitative estimate of drug-likeness (QED) is 0.156. The van der Waals surface area contributed by atoms with Gasteiger partial charge in [-0.25, -0.2) is 0 Å². The molecule has 15 heteroatoms. The first-order valence-electron chi connectivity index (χ1n) is 33.9. The first-order valence-corrected chi connectivity index (χ1v) is 33.9. The van der Waals surface area contributed by atoms with E-state index >= 15 is 0 Å². The molecule has 0 spiro atoms. The highest BCUT2D eigenvalue weighted by atomic mass is 16.5. The summed E-state index contributed by atoms with van der Waals surface area (Å²) in [7, 11) is 54.9. The van der Waals surface area contributed by atoms with Crippen molar-refractivity contribution in [2.45, 2.75) is 78.6 Å². The molecule has 458 valence electrons. The minimum atomic E-state index is -0.430. The van der Waals surface area contributed by atoms with E-state index in [0.29, 0.717) is 44.6 Å². The fraction of sp³-hybridized carbons (Fsp3) is 0.141. The number of hydrogen-bond acceptors (Lipinski definition) is 3. The van der Waals surface area contributed by atoms with Gasteiger partial charge in [0.1, 0.15) is 74.3 Å². The number of para-hydroxylation sites is 2. The van der Waals surface area contributed by atoms with Gasteiger partial charge in [0.15, 0.2) is 0 Å². The monoisotopic (exact) mass is 1270 g/mol. The Bertz CT molecular complexity index is 5950. The van der Waals surface area contributed by atoms with Gasteiger partial charge in [-0.3, -0.25) is 0 Å². The molecule has 2 aliphatic rings. The van der Waals surface area contributed by atoms with E-state index in [1.807, 2.05) is 28.8 Å². The van der Waals surface area contributed by atoms with Crippen LogP contribution in [0.25, 0.3) is 105 Å². The summed E-state index contributed by atoms with van der Waals surface area (Å²) < 4.78 is 14.3. The molecule has 0 unspecified atom stereocenters. The molecule has 15 aromatic rings. The molecule has 3 aromatic heterocycles. The zero-order chi connectivity index (χ0) is 69.7. The number of nitrogens with zero attached hydrogens (tertiary/aromatic N) is 5. The average molecular weight is 1260 g/mol. The molecule has 16 radical (unpaired) electrons. The summed E-state index contributed by atoms with van der Waals surface area (Å²) in [5.41, 5.74) is 22.0. The Morgan fingerprint density at radius 1 is 0.360 bits per heavy atom. The van der Waals surface area contributed by atoms with E-state index in [9.17, 15) is 5.26 Å². The average Bonchev–Trinajstić information content (AvgIpc) is 1.06. The number of benzene rings is 12. The molecule has 6 nitrogen and oxygen atoms in total. The van der Waals surface area contributed by atoms with E-state index < -0.39 is 6.71 Å². The number of hydrogen-bond donors (Lipinski definition) is 0. The molecule has 17 rings (SSSR count). The van der Waals surface area contributed by atoms with Crippen molar-refractivity contribution < 1.29 is 4.74 Å². The number of fused-ring (bicyclic) bond motifs is 13. The molecule has 0 amide bonds. The van der Waals surface area contributed by atoms with Gasteiger partial charge in [0, 0.05) is 72.5 Å². The number of rotatable bonds is 6. The highest BCUT2D eigenvalue weighted by Gasteiger charge is 2.44. The molecular formula is C85H60B9N5O. The molecule has 0 fully saturated rings. The van der Waals surface area contributed by atoms with Crippen molar-refractivity contribution >= 4 is 212 Å². The Labute approximate surface area is 594 Å². The van der Waals surface area contributed by atoms with Gasteiger partial charge in [-0.05, 0) is 168 Å². The van der Waals surface area contributed by atoms with E-state index in [1.165, 1.54) is 27.5 Å². The van der Waals surface area contributed by atoms with Crippen molar-refractivity contribution in [3.8, 4) is 56.9 Å². The molecule has 0 atom stereocenters. The van der Waals surface area contributed by atoms with Crippen LogP contribution in [0.15, 0.2) is 200 Å². The summed E-state index contributed by atoms with van der Waals surface area (Å²) in [6, 6.07) is 74.7. The molecule has 12 aromatic carbocycles. The second kappa shape index (κ2) is 22.4. The van der Waals surface area contributed by atoms with Crippen LogP contribution in [0.1, 0.15) is 84.6 Å². The van der Waals surface area contributed by atoms with E-state index in [0.717, 1.165) is 99.9 Å².